The summed E-state index contributed by atoms with van der Waals surface area (Å²) in [5.41, 5.74) is 1.57. The highest BCUT2D eigenvalue weighted by molar-refractivity contribution is 7.91. The van der Waals surface area contributed by atoms with Crippen LogP contribution in [0.4, 0.5) is 13.2 Å². The lowest BCUT2D eigenvalue weighted by atomic mass is 9.81. The molecule has 1 atom stereocenters. The summed E-state index contributed by atoms with van der Waals surface area (Å²) in [6, 6.07) is 4.17. The first-order valence-electron chi connectivity index (χ1n) is 13.1. The Labute approximate surface area is 227 Å². The molecule has 2 amide bonds. The molecular formula is C27H35F3N4O4S. The third-order valence-electron chi connectivity index (χ3n) is 7.65. The molecule has 0 spiro atoms. The maximum atomic E-state index is 13.4. The number of carbonyl (C=O) groups is 2. The smallest absolute Gasteiger partial charge is 0.346 e. The number of amides is 2. The number of aromatic nitrogens is 2. The maximum Gasteiger partial charge on any atom is 0.391 e. The van der Waals surface area contributed by atoms with Gasteiger partial charge in [0.1, 0.15) is 0 Å². The van der Waals surface area contributed by atoms with Crippen molar-refractivity contribution in [3.05, 3.63) is 53.1 Å². The van der Waals surface area contributed by atoms with Crippen LogP contribution in [0.3, 0.4) is 0 Å². The van der Waals surface area contributed by atoms with E-state index in [1.54, 1.807) is 11.8 Å². The van der Waals surface area contributed by atoms with Crippen LogP contribution in [0, 0.1) is 17.8 Å². The second kappa shape index (κ2) is 11.2. The summed E-state index contributed by atoms with van der Waals surface area (Å²) in [5, 5.41) is 2.71. The van der Waals surface area contributed by atoms with E-state index in [1.165, 1.54) is 30.6 Å². The number of hydrogen-bond donors (Lipinski definition) is 1. The molecule has 0 aromatic carbocycles. The minimum Gasteiger partial charge on any atom is -0.346 e. The zero-order valence-corrected chi connectivity index (χ0v) is 23.0. The molecule has 4 rings (SSSR count). The Morgan fingerprint density at radius 1 is 1.15 bits per heavy atom. The van der Waals surface area contributed by atoms with Crippen LogP contribution in [0.15, 0.2) is 35.5 Å². The van der Waals surface area contributed by atoms with E-state index in [-0.39, 0.29) is 60.8 Å². The number of hydrogen-bond acceptors (Lipinski definition) is 6. The Kier molecular flexibility index (Phi) is 8.34. The number of pyridine rings is 2. The molecule has 2 aliphatic rings. The van der Waals surface area contributed by atoms with E-state index >= 15 is 0 Å². The molecule has 3 heterocycles. The lowest BCUT2D eigenvalue weighted by molar-refractivity contribution is -0.184. The van der Waals surface area contributed by atoms with Gasteiger partial charge in [-0.25, -0.2) is 8.42 Å². The van der Waals surface area contributed by atoms with E-state index in [2.05, 4.69) is 15.3 Å². The van der Waals surface area contributed by atoms with Crippen molar-refractivity contribution >= 4 is 21.7 Å². The van der Waals surface area contributed by atoms with Gasteiger partial charge in [0, 0.05) is 20.4 Å². The highest BCUT2D eigenvalue weighted by Gasteiger charge is 2.44. The average Bonchev–Trinajstić information content (AvgIpc) is 3.18. The molecule has 1 aliphatic carbocycles. The number of alkyl halides is 3. The highest BCUT2D eigenvalue weighted by Crippen LogP contribution is 2.43. The van der Waals surface area contributed by atoms with E-state index in [0.717, 1.165) is 0 Å². The molecule has 214 valence electrons. The highest BCUT2D eigenvalue weighted by atomic mass is 32.2. The van der Waals surface area contributed by atoms with Crippen molar-refractivity contribution < 1.29 is 32.6 Å². The van der Waals surface area contributed by atoms with Crippen LogP contribution in [-0.4, -0.2) is 53.6 Å². The maximum absolute atomic E-state index is 13.4. The van der Waals surface area contributed by atoms with Crippen molar-refractivity contribution in [3.63, 3.8) is 0 Å². The van der Waals surface area contributed by atoms with E-state index < -0.39 is 27.8 Å². The number of carbonyl (C=O) groups excluding carboxylic acids is 2. The van der Waals surface area contributed by atoms with Gasteiger partial charge in [-0.2, -0.15) is 13.2 Å². The van der Waals surface area contributed by atoms with Gasteiger partial charge >= 0.3 is 6.18 Å². The average molecular weight is 569 g/mol. The van der Waals surface area contributed by atoms with Gasteiger partial charge in [-0.1, -0.05) is 20.8 Å². The summed E-state index contributed by atoms with van der Waals surface area (Å²) >= 11 is 0. The van der Waals surface area contributed by atoms with Gasteiger partial charge in [-0.3, -0.25) is 19.6 Å². The molecule has 2 aromatic rings. The summed E-state index contributed by atoms with van der Waals surface area (Å²) in [4.78, 5) is 36.6. The van der Waals surface area contributed by atoms with Gasteiger partial charge in [0.15, 0.2) is 9.84 Å². The van der Waals surface area contributed by atoms with Crippen molar-refractivity contribution in [3.8, 4) is 0 Å². The Hall–Kier alpha value is -3.02. The van der Waals surface area contributed by atoms with E-state index in [1.807, 2.05) is 13.8 Å². The second-order valence-electron chi connectivity index (χ2n) is 10.6. The number of rotatable bonds is 8. The Morgan fingerprint density at radius 2 is 1.85 bits per heavy atom. The third kappa shape index (κ3) is 6.26. The zero-order chi connectivity index (χ0) is 28.5. The van der Waals surface area contributed by atoms with Crippen LogP contribution in [0.25, 0.3) is 0 Å². The molecule has 8 nitrogen and oxygen atoms in total. The monoisotopic (exact) mass is 568 g/mol. The summed E-state index contributed by atoms with van der Waals surface area (Å²) in [7, 11) is -3.37. The van der Waals surface area contributed by atoms with Crippen molar-refractivity contribution in [1.82, 2.24) is 20.2 Å². The first-order chi connectivity index (χ1) is 18.3. The van der Waals surface area contributed by atoms with Crippen LogP contribution < -0.4 is 5.32 Å². The van der Waals surface area contributed by atoms with Gasteiger partial charge in [0.05, 0.1) is 51.7 Å². The first kappa shape index (κ1) is 29.0. The molecule has 0 unspecified atom stereocenters. The fraction of sp³-hybridized carbons (Fsp3) is 0.556. The molecule has 0 radical (unpaired) electrons. The fourth-order valence-corrected chi connectivity index (χ4v) is 6.22. The predicted molar refractivity (Wildman–Crippen MR) is 140 cm³/mol. The quantitative estimate of drug-likeness (QED) is 0.482. The van der Waals surface area contributed by atoms with Crippen molar-refractivity contribution in [2.24, 2.45) is 17.8 Å². The van der Waals surface area contributed by atoms with Gasteiger partial charge in [0.2, 0.25) is 0 Å². The van der Waals surface area contributed by atoms with Crippen LogP contribution in [0.2, 0.25) is 0 Å². The Balaban J connectivity index is 0.00000441. The summed E-state index contributed by atoms with van der Waals surface area (Å²) in [5.74, 6) is -2.03. The number of nitrogens with zero attached hydrogens (tertiary/aromatic N) is 3. The van der Waals surface area contributed by atoms with Crippen molar-refractivity contribution in [2.75, 3.05) is 12.3 Å². The van der Waals surface area contributed by atoms with Crippen molar-refractivity contribution in [2.45, 2.75) is 70.1 Å². The Morgan fingerprint density at radius 3 is 2.41 bits per heavy atom. The van der Waals surface area contributed by atoms with Crippen molar-refractivity contribution in [1.29, 1.82) is 0 Å². The molecule has 39 heavy (non-hydrogen) atoms. The fourth-order valence-electron chi connectivity index (χ4n) is 5.40. The van der Waals surface area contributed by atoms with E-state index in [9.17, 15) is 31.2 Å². The van der Waals surface area contributed by atoms with Crippen LogP contribution in [-0.2, 0) is 16.4 Å². The summed E-state index contributed by atoms with van der Waals surface area (Å²) in [6.45, 7) is 5.89. The second-order valence-corrected chi connectivity index (χ2v) is 12.9. The molecule has 1 aliphatic heterocycles. The van der Waals surface area contributed by atoms with Crippen LogP contribution in [0.5, 0.6) is 0 Å². The normalized spacial score (nSPS) is 21.8. The largest absolute Gasteiger partial charge is 0.391 e. The van der Waals surface area contributed by atoms with Gasteiger partial charge < -0.3 is 10.2 Å². The summed E-state index contributed by atoms with van der Waals surface area (Å²) in [6.07, 6.45) is -0.536. The van der Waals surface area contributed by atoms with E-state index in [0.29, 0.717) is 36.3 Å². The molecule has 2 aromatic heterocycles. The SMILES string of the molecule is CCS(=O)(=O)c1ccc(CNC(=O)c2cnc3c(c2)C(=O)N(CC2CCC(C(F)(F)F)CC2)[C@H]3C(C)C)nc1.[HH]. The lowest BCUT2D eigenvalue weighted by Crippen LogP contribution is -2.37. The number of halogens is 3. The molecule has 1 saturated carbocycles. The molecular weight excluding hydrogens is 533 g/mol. The molecule has 1 fully saturated rings. The van der Waals surface area contributed by atoms with Crippen LogP contribution in [0.1, 0.15) is 86.0 Å². The van der Waals surface area contributed by atoms with Crippen LogP contribution >= 0.6 is 0 Å². The number of sulfone groups is 1. The lowest BCUT2D eigenvalue weighted by Gasteiger charge is -2.35. The standard InChI is InChI=1S/C27H33F3N4O4S.H2/c1-4-39(37,38)21-10-9-20(31-14-21)13-33-25(35)18-11-22-23(32-12-18)24(16(2)3)34(26(22)36)15-17-5-7-19(8-6-17)27(28,29)30;/h9-12,14,16-17,19,24H,4-8,13,15H2,1-3H3,(H,33,35);1H/t17?,19?,24-;/m0./s1. The molecule has 1 N–H and O–H groups in total. The number of nitrogens with one attached hydrogen (secondary N) is 1. The summed E-state index contributed by atoms with van der Waals surface area (Å²) < 4.78 is 63.1. The van der Waals surface area contributed by atoms with Gasteiger partial charge in [0.25, 0.3) is 11.8 Å². The topological polar surface area (TPSA) is 109 Å². The Bertz CT molecular complexity index is 1330. The third-order valence-corrected chi connectivity index (χ3v) is 9.37. The predicted octanol–water partition coefficient (Wildman–Crippen LogP) is 4.97. The molecule has 0 saturated heterocycles. The number of fused-ring (bicyclic) bond motifs is 1. The van der Waals surface area contributed by atoms with E-state index in [4.69, 9.17) is 0 Å². The van der Waals surface area contributed by atoms with Gasteiger partial charge in [-0.05, 0) is 55.7 Å². The minimum atomic E-state index is -4.18. The minimum absolute atomic E-state index is 0. The zero-order valence-electron chi connectivity index (χ0n) is 22.2. The first-order valence-corrected chi connectivity index (χ1v) is 14.8. The molecule has 12 heteroatoms. The molecule has 0 bridgehead atoms. The van der Waals surface area contributed by atoms with Gasteiger partial charge in [-0.15, -0.1) is 0 Å².